The molecule has 0 aliphatic rings. The molecular formula is C13H16N2S. The van der Waals surface area contributed by atoms with Crippen LogP contribution in [0.4, 0.5) is 5.69 Å². The van der Waals surface area contributed by atoms with Gasteiger partial charge in [0, 0.05) is 28.8 Å². The first-order chi connectivity index (χ1) is 7.77. The second-order valence-electron chi connectivity index (χ2n) is 3.46. The van der Waals surface area contributed by atoms with Gasteiger partial charge in [0.15, 0.2) is 0 Å². The Kier molecular flexibility index (Phi) is 5.52. The number of hydrogen-bond acceptors (Lipinski definition) is 3. The number of nitrogens with zero attached hydrogens (tertiary/aromatic N) is 1. The first kappa shape index (κ1) is 12.7. The molecule has 0 radical (unpaired) electrons. The largest absolute Gasteiger partial charge is 0.381 e. The minimum atomic E-state index is 0.316. The monoisotopic (exact) mass is 232 g/mol. The summed E-state index contributed by atoms with van der Waals surface area (Å²) >= 11 is 1.73. The second-order valence-corrected chi connectivity index (χ2v) is 4.94. The maximum absolute atomic E-state index is 8.63. The zero-order valence-corrected chi connectivity index (χ0v) is 10.3. The van der Waals surface area contributed by atoms with Crippen LogP contribution in [0.25, 0.3) is 0 Å². The van der Waals surface area contributed by atoms with Crippen molar-refractivity contribution < 1.29 is 0 Å². The summed E-state index contributed by atoms with van der Waals surface area (Å²) < 4.78 is 0. The SMILES string of the molecule is C=CCNc1ccccc1SC(C)CC#N. The Morgan fingerprint density at radius 2 is 2.31 bits per heavy atom. The van der Waals surface area contributed by atoms with Crippen molar-refractivity contribution in [2.45, 2.75) is 23.5 Å². The number of hydrogen-bond donors (Lipinski definition) is 1. The Morgan fingerprint density at radius 1 is 1.56 bits per heavy atom. The fraction of sp³-hybridized carbons (Fsp3) is 0.308. The number of nitriles is 1. The summed E-state index contributed by atoms with van der Waals surface area (Å²) in [5.41, 5.74) is 1.11. The van der Waals surface area contributed by atoms with Crippen LogP contribution in [-0.4, -0.2) is 11.8 Å². The van der Waals surface area contributed by atoms with Crippen LogP contribution in [-0.2, 0) is 0 Å². The van der Waals surface area contributed by atoms with Crippen LogP contribution in [0.15, 0.2) is 41.8 Å². The number of rotatable bonds is 6. The minimum absolute atomic E-state index is 0.316. The molecule has 1 aromatic carbocycles. The number of para-hydroxylation sites is 1. The van der Waals surface area contributed by atoms with Gasteiger partial charge in [-0.15, -0.1) is 18.3 Å². The van der Waals surface area contributed by atoms with Crippen LogP contribution in [0, 0.1) is 11.3 Å². The van der Waals surface area contributed by atoms with Gasteiger partial charge in [-0.2, -0.15) is 5.26 Å². The van der Waals surface area contributed by atoms with Crippen LogP contribution < -0.4 is 5.32 Å². The Bertz CT molecular complexity index is 382. The molecule has 0 heterocycles. The second kappa shape index (κ2) is 6.97. The molecule has 0 fully saturated rings. The van der Waals surface area contributed by atoms with Crippen molar-refractivity contribution in [1.29, 1.82) is 5.26 Å². The van der Waals surface area contributed by atoms with E-state index in [1.807, 2.05) is 24.3 Å². The molecule has 16 heavy (non-hydrogen) atoms. The van der Waals surface area contributed by atoms with Gasteiger partial charge in [0.05, 0.1) is 6.07 Å². The van der Waals surface area contributed by atoms with Gasteiger partial charge in [0.25, 0.3) is 0 Å². The average molecular weight is 232 g/mol. The summed E-state index contributed by atoms with van der Waals surface area (Å²) in [6, 6.07) is 10.3. The lowest BCUT2D eigenvalue weighted by molar-refractivity contribution is 0.989. The van der Waals surface area contributed by atoms with E-state index in [2.05, 4.69) is 31.0 Å². The molecule has 3 heteroatoms. The summed E-state index contributed by atoms with van der Waals surface area (Å²) in [4.78, 5) is 1.19. The average Bonchev–Trinajstić information content (AvgIpc) is 2.28. The molecule has 0 saturated carbocycles. The molecule has 0 spiro atoms. The molecular weight excluding hydrogens is 216 g/mol. The normalized spacial score (nSPS) is 11.5. The van der Waals surface area contributed by atoms with Crippen molar-refractivity contribution in [2.75, 3.05) is 11.9 Å². The van der Waals surface area contributed by atoms with E-state index in [0.29, 0.717) is 11.7 Å². The highest BCUT2D eigenvalue weighted by Gasteiger charge is 2.07. The zero-order valence-electron chi connectivity index (χ0n) is 9.44. The molecule has 84 valence electrons. The molecule has 0 aromatic heterocycles. The number of thioether (sulfide) groups is 1. The van der Waals surface area contributed by atoms with E-state index in [4.69, 9.17) is 5.26 Å². The van der Waals surface area contributed by atoms with Crippen molar-refractivity contribution in [1.82, 2.24) is 0 Å². The molecule has 2 nitrogen and oxygen atoms in total. The number of anilines is 1. The van der Waals surface area contributed by atoms with E-state index < -0.39 is 0 Å². The lowest BCUT2D eigenvalue weighted by atomic mass is 10.3. The van der Waals surface area contributed by atoms with E-state index in [1.165, 1.54) is 4.90 Å². The van der Waals surface area contributed by atoms with Gasteiger partial charge in [-0.3, -0.25) is 0 Å². The van der Waals surface area contributed by atoms with Crippen molar-refractivity contribution in [3.63, 3.8) is 0 Å². The summed E-state index contributed by atoms with van der Waals surface area (Å²) in [5, 5.41) is 12.2. The summed E-state index contributed by atoms with van der Waals surface area (Å²) in [6.45, 7) is 6.51. The van der Waals surface area contributed by atoms with Gasteiger partial charge in [-0.05, 0) is 12.1 Å². The zero-order chi connectivity index (χ0) is 11.8. The predicted molar refractivity (Wildman–Crippen MR) is 70.7 cm³/mol. The van der Waals surface area contributed by atoms with Crippen LogP contribution in [0.3, 0.4) is 0 Å². The molecule has 0 amide bonds. The van der Waals surface area contributed by atoms with Gasteiger partial charge in [0.1, 0.15) is 0 Å². The van der Waals surface area contributed by atoms with E-state index in [0.717, 1.165) is 12.2 Å². The highest BCUT2D eigenvalue weighted by Crippen LogP contribution is 2.31. The van der Waals surface area contributed by atoms with E-state index in [-0.39, 0.29) is 0 Å². The topological polar surface area (TPSA) is 35.8 Å². The van der Waals surface area contributed by atoms with Gasteiger partial charge in [-0.25, -0.2) is 0 Å². The first-order valence-electron chi connectivity index (χ1n) is 5.25. The molecule has 1 unspecified atom stereocenters. The molecule has 1 aromatic rings. The molecule has 0 aliphatic heterocycles. The van der Waals surface area contributed by atoms with Gasteiger partial charge < -0.3 is 5.32 Å². The molecule has 1 rings (SSSR count). The van der Waals surface area contributed by atoms with E-state index in [1.54, 1.807) is 11.8 Å². The first-order valence-corrected chi connectivity index (χ1v) is 6.13. The Morgan fingerprint density at radius 3 is 3.00 bits per heavy atom. The van der Waals surface area contributed by atoms with Crippen LogP contribution in [0.1, 0.15) is 13.3 Å². The molecule has 1 atom stereocenters. The molecule has 1 N–H and O–H groups in total. The lowest BCUT2D eigenvalue weighted by Gasteiger charge is -2.12. The van der Waals surface area contributed by atoms with Crippen LogP contribution in [0.2, 0.25) is 0 Å². The maximum Gasteiger partial charge on any atom is 0.0633 e. The smallest absolute Gasteiger partial charge is 0.0633 e. The van der Waals surface area contributed by atoms with Crippen molar-refractivity contribution in [3.05, 3.63) is 36.9 Å². The maximum atomic E-state index is 8.63. The standard InChI is InChI=1S/C13H16N2S/c1-3-10-15-12-6-4-5-7-13(12)16-11(2)8-9-14/h3-7,11,15H,1,8,10H2,2H3. The predicted octanol–water partition coefficient (Wildman–Crippen LogP) is 3.68. The van der Waals surface area contributed by atoms with Crippen LogP contribution in [0.5, 0.6) is 0 Å². The Hall–Kier alpha value is -1.40. The molecule has 0 aliphatic carbocycles. The summed E-state index contributed by atoms with van der Waals surface area (Å²) in [6.07, 6.45) is 2.40. The lowest BCUT2D eigenvalue weighted by Crippen LogP contribution is -2.01. The van der Waals surface area contributed by atoms with Crippen molar-refractivity contribution >= 4 is 17.4 Å². The van der Waals surface area contributed by atoms with Crippen molar-refractivity contribution in [3.8, 4) is 6.07 Å². The van der Waals surface area contributed by atoms with Gasteiger partial charge >= 0.3 is 0 Å². The Balaban J connectivity index is 2.70. The van der Waals surface area contributed by atoms with Gasteiger partial charge in [-0.1, -0.05) is 25.1 Å². The molecule has 0 saturated heterocycles. The quantitative estimate of drug-likeness (QED) is 0.600. The highest BCUT2D eigenvalue weighted by molar-refractivity contribution is 8.00. The van der Waals surface area contributed by atoms with Crippen LogP contribution >= 0.6 is 11.8 Å². The Labute approximate surface area is 101 Å². The van der Waals surface area contributed by atoms with Gasteiger partial charge in [0.2, 0.25) is 0 Å². The van der Waals surface area contributed by atoms with E-state index >= 15 is 0 Å². The minimum Gasteiger partial charge on any atom is -0.381 e. The molecule has 0 bridgehead atoms. The van der Waals surface area contributed by atoms with Crippen molar-refractivity contribution in [2.24, 2.45) is 0 Å². The number of nitrogens with one attached hydrogen (secondary N) is 1. The summed E-state index contributed by atoms with van der Waals surface area (Å²) in [7, 11) is 0. The third-order valence-corrected chi connectivity index (χ3v) is 3.21. The fourth-order valence-electron chi connectivity index (χ4n) is 1.28. The van der Waals surface area contributed by atoms with E-state index in [9.17, 15) is 0 Å². The third-order valence-electron chi connectivity index (χ3n) is 2.03. The highest BCUT2D eigenvalue weighted by atomic mass is 32.2. The fourth-order valence-corrected chi connectivity index (χ4v) is 2.30. The third kappa shape index (κ3) is 4.00. The number of benzene rings is 1. The summed E-state index contributed by atoms with van der Waals surface area (Å²) in [5.74, 6) is 0.